The number of fused-ring (bicyclic) bond motifs is 1. The molecule has 6 rings (SSSR count). The highest BCUT2D eigenvalue weighted by Crippen LogP contribution is 2.45. The summed E-state index contributed by atoms with van der Waals surface area (Å²) in [5, 5.41) is 3.11. The van der Waals surface area contributed by atoms with Gasteiger partial charge in [0.25, 0.3) is 0 Å². The van der Waals surface area contributed by atoms with Crippen molar-refractivity contribution in [2.24, 2.45) is 5.92 Å². The number of aromatic nitrogens is 1. The van der Waals surface area contributed by atoms with Gasteiger partial charge in [-0.05, 0) is 105 Å². The second-order valence-corrected chi connectivity index (χ2v) is 11.7. The van der Waals surface area contributed by atoms with Crippen molar-refractivity contribution in [3.8, 4) is 28.7 Å². The maximum atomic E-state index is 13.5. The molecule has 0 bridgehead atoms. The first kappa shape index (κ1) is 26.3. The van der Waals surface area contributed by atoms with E-state index in [1.54, 1.807) is 0 Å². The number of ether oxygens (including phenoxy) is 3. The highest BCUT2D eigenvalue weighted by Gasteiger charge is 2.33. The van der Waals surface area contributed by atoms with Gasteiger partial charge in [0.2, 0.25) is 0 Å². The molecular formula is C35H35NO4. The third-order valence-corrected chi connectivity index (χ3v) is 7.46. The molecular weight excluding hydrogens is 498 g/mol. The Morgan fingerprint density at radius 3 is 2.73 bits per heavy atom. The molecule has 1 aliphatic carbocycles. The van der Waals surface area contributed by atoms with Crippen molar-refractivity contribution < 1.29 is 19.0 Å². The number of hydrogen-bond acceptors (Lipinski definition) is 5. The van der Waals surface area contributed by atoms with Crippen molar-refractivity contribution in [2.45, 2.75) is 65.6 Å². The lowest BCUT2D eigenvalue weighted by Gasteiger charge is -2.30. The Hall–Kier alpha value is -3.88. The summed E-state index contributed by atoms with van der Waals surface area (Å²) in [4.78, 5) is 18.4. The minimum Gasteiger partial charge on any atom is -0.493 e. The monoisotopic (exact) mass is 533 g/mol. The van der Waals surface area contributed by atoms with Gasteiger partial charge < -0.3 is 14.2 Å². The predicted octanol–water partition coefficient (Wildman–Crippen LogP) is 7.48. The van der Waals surface area contributed by atoms with Crippen LogP contribution in [-0.2, 0) is 20.7 Å². The average Bonchev–Trinajstić information content (AvgIpc) is 3.75. The number of aryl methyl sites for hydroxylation is 1. The largest absolute Gasteiger partial charge is 0.493 e. The number of carbonyl (C=O) groups is 1. The van der Waals surface area contributed by atoms with Crippen molar-refractivity contribution >= 4 is 27.6 Å². The second-order valence-electron chi connectivity index (χ2n) is 11.7. The van der Waals surface area contributed by atoms with Gasteiger partial charge in [0.15, 0.2) is 6.10 Å². The molecule has 1 fully saturated rings. The van der Waals surface area contributed by atoms with E-state index >= 15 is 0 Å². The van der Waals surface area contributed by atoms with Gasteiger partial charge in [-0.15, -0.1) is 0 Å². The summed E-state index contributed by atoms with van der Waals surface area (Å²) >= 11 is 0. The van der Waals surface area contributed by atoms with Crippen molar-refractivity contribution in [2.75, 3.05) is 13.2 Å². The Balaban J connectivity index is 1.66. The van der Waals surface area contributed by atoms with Crippen molar-refractivity contribution in [1.82, 2.24) is 4.98 Å². The molecule has 5 heteroatoms. The number of esters is 1. The van der Waals surface area contributed by atoms with Gasteiger partial charge >= 0.3 is 5.97 Å². The van der Waals surface area contributed by atoms with Gasteiger partial charge in [-0.2, -0.15) is 0 Å². The number of carbonyl (C=O) groups excluding carboxylic acids is 1. The molecule has 1 aliphatic heterocycles. The number of rotatable bonds is 5. The lowest BCUT2D eigenvalue weighted by Crippen LogP contribution is -2.29. The van der Waals surface area contributed by atoms with E-state index in [0.29, 0.717) is 12.5 Å². The summed E-state index contributed by atoms with van der Waals surface area (Å²) in [6.45, 7) is 10.7. The summed E-state index contributed by atoms with van der Waals surface area (Å²) in [6.07, 6.45) is 4.18. The smallest absolute Gasteiger partial charge is 0.339 e. The van der Waals surface area contributed by atoms with Crippen LogP contribution in [-0.4, -0.2) is 29.8 Å². The second kappa shape index (κ2) is 10.3. The zero-order chi connectivity index (χ0) is 28.0. The van der Waals surface area contributed by atoms with Crippen LogP contribution < -0.4 is 4.74 Å². The van der Waals surface area contributed by atoms with Crippen LogP contribution >= 0.6 is 0 Å². The van der Waals surface area contributed by atoms with E-state index in [1.807, 2.05) is 46.9 Å². The molecule has 0 saturated heterocycles. The zero-order valence-electron chi connectivity index (χ0n) is 23.9. The highest BCUT2D eigenvalue weighted by atomic mass is 16.6. The molecule has 2 aliphatic rings. The van der Waals surface area contributed by atoms with E-state index in [2.05, 4.69) is 48.2 Å². The molecule has 5 nitrogen and oxygen atoms in total. The van der Waals surface area contributed by atoms with E-state index < -0.39 is 17.7 Å². The first-order valence-electron chi connectivity index (χ1n) is 14.2. The minimum absolute atomic E-state index is 0.272. The Kier molecular flexibility index (Phi) is 6.76. The number of pyridine rings is 1. The molecule has 1 unspecified atom stereocenters. The van der Waals surface area contributed by atoms with Crippen LogP contribution in [0.25, 0.3) is 32.8 Å². The summed E-state index contributed by atoms with van der Waals surface area (Å²) in [5.41, 5.74) is 6.12. The van der Waals surface area contributed by atoms with Gasteiger partial charge in [-0.3, -0.25) is 4.98 Å². The molecule has 0 spiro atoms. The molecule has 1 atom stereocenters. The number of benzene rings is 3. The average molecular weight is 534 g/mol. The van der Waals surface area contributed by atoms with Gasteiger partial charge in [0.05, 0.1) is 24.3 Å². The standard InChI is InChI=1S/C35H35NO4/c1-6-38-34(37)33(40-35(3,4)5)29-21(2)19-25-20-23(10-9-22-7-8-22)11-12-26(25)31(29)27-13-14-28-30-24(16-18-39-28)15-17-36-32(27)30/h11-15,17,19-20,22,33H,6-8,16,18H2,1-5H3. The molecule has 204 valence electrons. The van der Waals surface area contributed by atoms with E-state index in [9.17, 15) is 4.79 Å². The van der Waals surface area contributed by atoms with Crippen LogP contribution in [0.5, 0.6) is 5.75 Å². The first-order valence-corrected chi connectivity index (χ1v) is 14.2. The highest BCUT2D eigenvalue weighted by molar-refractivity contribution is 6.09. The molecule has 0 amide bonds. The van der Waals surface area contributed by atoms with E-state index in [4.69, 9.17) is 19.2 Å². The van der Waals surface area contributed by atoms with Crippen LogP contribution in [0.15, 0.2) is 48.7 Å². The van der Waals surface area contributed by atoms with Crippen molar-refractivity contribution in [1.29, 1.82) is 0 Å². The fourth-order valence-electron chi connectivity index (χ4n) is 5.58. The molecule has 3 aromatic carbocycles. The molecule has 0 radical (unpaired) electrons. The lowest BCUT2D eigenvalue weighted by molar-refractivity contribution is -0.166. The summed E-state index contributed by atoms with van der Waals surface area (Å²) in [6, 6.07) is 14.6. The first-order chi connectivity index (χ1) is 19.2. The molecule has 1 saturated carbocycles. The van der Waals surface area contributed by atoms with Crippen LogP contribution in [0.4, 0.5) is 0 Å². The third kappa shape index (κ3) is 5.05. The maximum Gasteiger partial charge on any atom is 0.339 e. The normalized spacial score (nSPS) is 15.3. The Labute approximate surface area is 235 Å². The van der Waals surface area contributed by atoms with Gasteiger partial charge in [-0.25, -0.2) is 4.79 Å². The van der Waals surface area contributed by atoms with Gasteiger partial charge in [0, 0.05) is 40.6 Å². The predicted molar refractivity (Wildman–Crippen MR) is 158 cm³/mol. The van der Waals surface area contributed by atoms with Crippen LogP contribution in [0.1, 0.15) is 68.9 Å². The summed E-state index contributed by atoms with van der Waals surface area (Å²) in [7, 11) is 0. The van der Waals surface area contributed by atoms with E-state index in [-0.39, 0.29) is 6.61 Å². The Bertz CT molecular complexity index is 1690. The fourth-order valence-corrected chi connectivity index (χ4v) is 5.58. The fraction of sp³-hybridized carbons (Fsp3) is 0.371. The topological polar surface area (TPSA) is 57.7 Å². The molecule has 0 N–H and O–H groups in total. The minimum atomic E-state index is -0.907. The molecule has 1 aromatic heterocycles. The van der Waals surface area contributed by atoms with E-state index in [1.165, 1.54) is 18.4 Å². The quantitative estimate of drug-likeness (QED) is 0.197. The number of hydrogen-bond donors (Lipinski definition) is 0. The molecule has 2 heterocycles. The van der Waals surface area contributed by atoms with Crippen LogP contribution in [0, 0.1) is 24.7 Å². The number of nitrogens with zero attached hydrogens (tertiary/aromatic N) is 1. The Morgan fingerprint density at radius 2 is 1.98 bits per heavy atom. The zero-order valence-corrected chi connectivity index (χ0v) is 23.9. The van der Waals surface area contributed by atoms with Crippen molar-refractivity contribution in [3.63, 3.8) is 0 Å². The maximum absolute atomic E-state index is 13.5. The van der Waals surface area contributed by atoms with Gasteiger partial charge in [-0.1, -0.05) is 24.0 Å². The SMILES string of the molecule is CCOC(=O)C(OC(C)(C)C)c1c(C)cc2cc(C#CC3CC3)ccc2c1-c1ccc2c3c(ccnc13)CCO2. The van der Waals surface area contributed by atoms with Crippen molar-refractivity contribution in [3.05, 3.63) is 70.9 Å². The molecule has 4 aromatic rings. The molecule has 40 heavy (non-hydrogen) atoms. The van der Waals surface area contributed by atoms with Gasteiger partial charge in [0.1, 0.15) is 5.75 Å². The Morgan fingerprint density at radius 1 is 1.15 bits per heavy atom. The van der Waals surface area contributed by atoms with Crippen LogP contribution in [0.2, 0.25) is 0 Å². The summed E-state index contributed by atoms with van der Waals surface area (Å²) < 4.78 is 18.1. The third-order valence-electron chi connectivity index (χ3n) is 7.46. The van der Waals surface area contributed by atoms with E-state index in [0.717, 1.165) is 61.7 Å². The van der Waals surface area contributed by atoms with Crippen LogP contribution in [0.3, 0.4) is 0 Å². The lowest BCUT2D eigenvalue weighted by atomic mass is 9.85. The summed E-state index contributed by atoms with van der Waals surface area (Å²) in [5.74, 6) is 7.72.